The van der Waals surface area contributed by atoms with Crippen LogP contribution in [0.5, 0.6) is 0 Å². The van der Waals surface area contributed by atoms with E-state index in [4.69, 9.17) is 0 Å². The van der Waals surface area contributed by atoms with Crippen molar-refractivity contribution in [3.05, 3.63) is 50.9 Å². The minimum atomic E-state index is -0.131. The summed E-state index contributed by atoms with van der Waals surface area (Å²) in [5, 5.41) is 0.628. The number of carbonyl (C=O) groups excluding carboxylic acids is 1. The molecule has 0 radical (unpaired) electrons. The molecule has 3 heterocycles. The summed E-state index contributed by atoms with van der Waals surface area (Å²) in [4.78, 5) is 34.3. The van der Waals surface area contributed by atoms with Gasteiger partial charge < -0.3 is 4.90 Å². The third-order valence-corrected chi connectivity index (χ3v) is 6.97. The molecule has 1 aliphatic heterocycles. The molecule has 4 rings (SSSR count). The van der Waals surface area contributed by atoms with Gasteiger partial charge in [0.2, 0.25) is 5.91 Å². The maximum Gasteiger partial charge on any atom is 0.263 e. The van der Waals surface area contributed by atoms with Crippen LogP contribution in [0, 0.1) is 26.7 Å². The van der Waals surface area contributed by atoms with E-state index in [-0.39, 0.29) is 18.0 Å². The van der Waals surface area contributed by atoms with Crippen LogP contribution in [0.15, 0.2) is 29.3 Å². The minimum absolute atomic E-state index is 0.000359. The Balaban J connectivity index is 1.75. The molecule has 2 aromatic heterocycles. The number of piperidine rings is 1. The van der Waals surface area contributed by atoms with E-state index in [1.54, 1.807) is 0 Å². The zero-order valence-corrected chi connectivity index (χ0v) is 18.3. The summed E-state index contributed by atoms with van der Waals surface area (Å²) < 4.78 is 1.48. The van der Waals surface area contributed by atoms with Crippen molar-refractivity contribution in [2.75, 3.05) is 13.1 Å². The van der Waals surface area contributed by atoms with Gasteiger partial charge in [0.05, 0.1) is 11.7 Å². The van der Waals surface area contributed by atoms with Crippen LogP contribution < -0.4 is 5.56 Å². The van der Waals surface area contributed by atoms with Gasteiger partial charge in [0.15, 0.2) is 0 Å². The number of carbonyl (C=O) groups is 1. The second kappa shape index (κ2) is 7.75. The molecule has 29 heavy (non-hydrogen) atoms. The van der Waals surface area contributed by atoms with Crippen molar-refractivity contribution in [3.8, 4) is 11.1 Å². The molecule has 1 fully saturated rings. The van der Waals surface area contributed by atoms with Gasteiger partial charge in [0.25, 0.3) is 5.56 Å². The zero-order valence-electron chi connectivity index (χ0n) is 17.5. The number of benzene rings is 1. The van der Waals surface area contributed by atoms with E-state index < -0.39 is 0 Å². The molecule has 1 aliphatic rings. The van der Waals surface area contributed by atoms with Crippen molar-refractivity contribution in [1.29, 1.82) is 0 Å². The summed E-state index contributed by atoms with van der Waals surface area (Å²) in [6.07, 6.45) is 3.58. The predicted octanol–water partition coefficient (Wildman–Crippen LogP) is 4.31. The van der Waals surface area contributed by atoms with Crippen molar-refractivity contribution in [2.45, 2.75) is 47.1 Å². The second-order valence-corrected chi connectivity index (χ2v) is 9.48. The Kier molecular flexibility index (Phi) is 5.30. The molecule has 152 valence electrons. The van der Waals surface area contributed by atoms with Gasteiger partial charge in [0, 0.05) is 23.5 Å². The normalized spacial score (nSPS) is 15.2. The number of hydrogen-bond acceptors (Lipinski definition) is 4. The second-order valence-electron chi connectivity index (χ2n) is 8.27. The van der Waals surface area contributed by atoms with Crippen LogP contribution in [0.3, 0.4) is 0 Å². The predicted molar refractivity (Wildman–Crippen MR) is 119 cm³/mol. The Morgan fingerprint density at radius 2 is 1.93 bits per heavy atom. The average Bonchev–Trinajstić information content (AvgIpc) is 3.03. The molecule has 1 aromatic carbocycles. The Morgan fingerprint density at radius 1 is 1.21 bits per heavy atom. The van der Waals surface area contributed by atoms with Gasteiger partial charge in [-0.3, -0.25) is 14.2 Å². The fraction of sp³-hybridized carbons (Fsp3) is 0.435. The Labute approximate surface area is 175 Å². The molecule has 1 amide bonds. The first-order chi connectivity index (χ1) is 13.8. The van der Waals surface area contributed by atoms with E-state index in [0.29, 0.717) is 11.3 Å². The highest BCUT2D eigenvalue weighted by Crippen LogP contribution is 2.37. The number of thiophene rings is 1. The van der Waals surface area contributed by atoms with Crippen molar-refractivity contribution in [3.63, 3.8) is 0 Å². The molecule has 0 unspecified atom stereocenters. The highest BCUT2D eigenvalue weighted by molar-refractivity contribution is 7.19. The van der Waals surface area contributed by atoms with Crippen molar-refractivity contribution < 1.29 is 4.79 Å². The molecule has 0 atom stereocenters. The molecule has 0 aliphatic carbocycles. The highest BCUT2D eigenvalue weighted by Gasteiger charge is 2.23. The summed E-state index contributed by atoms with van der Waals surface area (Å²) in [7, 11) is 0. The Hall–Kier alpha value is -2.47. The summed E-state index contributed by atoms with van der Waals surface area (Å²) in [6, 6.07) is 6.29. The standard InChI is InChI=1S/C23H27N3O2S/c1-14-7-9-25(10-8-14)19(27)12-26-13-24-22-21(23(26)28)20(17(4)29-22)18-11-15(2)5-6-16(18)3/h5-6,11,13-14H,7-10,12H2,1-4H3. The molecule has 0 N–H and O–H groups in total. The van der Waals surface area contributed by atoms with E-state index in [2.05, 4.69) is 44.0 Å². The van der Waals surface area contributed by atoms with Crippen LogP contribution in [0.25, 0.3) is 21.3 Å². The van der Waals surface area contributed by atoms with E-state index in [1.807, 2.05) is 11.8 Å². The first kappa shape index (κ1) is 19.8. The van der Waals surface area contributed by atoms with Crippen molar-refractivity contribution in [1.82, 2.24) is 14.5 Å². The van der Waals surface area contributed by atoms with Gasteiger partial charge in [-0.1, -0.05) is 30.7 Å². The number of amides is 1. The first-order valence-corrected chi connectivity index (χ1v) is 11.0. The summed E-state index contributed by atoms with van der Waals surface area (Å²) >= 11 is 1.54. The maximum atomic E-state index is 13.4. The van der Waals surface area contributed by atoms with Gasteiger partial charge in [0.1, 0.15) is 11.4 Å². The smallest absolute Gasteiger partial charge is 0.263 e. The van der Waals surface area contributed by atoms with Gasteiger partial charge in [-0.2, -0.15) is 0 Å². The topological polar surface area (TPSA) is 55.2 Å². The summed E-state index contributed by atoms with van der Waals surface area (Å²) in [5.74, 6) is 0.661. The lowest BCUT2D eigenvalue weighted by Crippen LogP contribution is -2.41. The Morgan fingerprint density at radius 3 is 2.66 bits per heavy atom. The molecular formula is C23H27N3O2S. The molecule has 0 spiro atoms. The van der Waals surface area contributed by atoms with E-state index in [0.717, 1.165) is 57.9 Å². The SMILES string of the molecule is Cc1ccc(C)c(-c2c(C)sc3ncn(CC(=O)N4CCC(C)CC4)c(=O)c23)c1. The average molecular weight is 410 g/mol. The number of rotatable bonds is 3. The van der Waals surface area contributed by atoms with E-state index in [1.165, 1.54) is 22.2 Å². The maximum absolute atomic E-state index is 13.4. The largest absolute Gasteiger partial charge is 0.341 e. The van der Waals surface area contributed by atoms with Crippen LogP contribution in [0.1, 0.15) is 35.8 Å². The number of nitrogens with zero attached hydrogens (tertiary/aromatic N) is 3. The lowest BCUT2D eigenvalue weighted by molar-refractivity contribution is -0.133. The van der Waals surface area contributed by atoms with Crippen LogP contribution >= 0.6 is 11.3 Å². The third-order valence-electron chi connectivity index (χ3n) is 5.96. The van der Waals surface area contributed by atoms with Crippen molar-refractivity contribution in [2.24, 2.45) is 5.92 Å². The fourth-order valence-corrected chi connectivity index (χ4v) is 5.08. The Bertz CT molecular complexity index is 1140. The molecule has 5 nitrogen and oxygen atoms in total. The van der Waals surface area contributed by atoms with Crippen LogP contribution in [-0.2, 0) is 11.3 Å². The summed E-state index contributed by atoms with van der Waals surface area (Å²) in [5.41, 5.74) is 4.18. The molecule has 1 saturated heterocycles. The first-order valence-electron chi connectivity index (χ1n) is 10.2. The van der Waals surface area contributed by atoms with Crippen LogP contribution in [-0.4, -0.2) is 33.4 Å². The van der Waals surface area contributed by atoms with E-state index >= 15 is 0 Å². The highest BCUT2D eigenvalue weighted by atomic mass is 32.1. The molecular weight excluding hydrogens is 382 g/mol. The monoisotopic (exact) mass is 409 g/mol. The lowest BCUT2D eigenvalue weighted by atomic mass is 9.97. The van der Waals surface area contributed by atoms with Crippen LogP contribution in [0.4, 0.5) is 0 Å². The summed E-state index contributed by atoms with van der Waals surface area (Å²) in [6.45, 7) is 9.98. The third kappa shape index (κ3) is 3.73. The number of likely N-dealkylation sites (tertiary alicyclic amines) is 1. The number of aromatic nitrogens is 2. The number of hydrogen-bond donors (Lipinski definition) is 0. The molecule has 3 aromatic rings. The van der Waals surface area contributed by atoms with Gasteiger partial charge in [-0.15, -0.1) is 11.3 Å². The molecule has 0 saturated carbocycles. The minimum Gasteiger partial charge on any atom is -0.341 e. The zero-order chi connectivity index (χ0) is 20.7. The molecule has 6 heteroatoms. The molecule has 0 bridgehead atoms. The fourth-order valence-electron chi connectivity index (χ4n) is 4.08. The quantitative estimate of drug-likeness (QED) is 0.648. The lowest BCUT2D eigenvalue weighted by Gasteiger charge is -2.30. The number of fused-ring (bicyclic) bond motifs is 1. The van der Waals surface area contributed by atoms with Gasteiger partial charge >= 0.3 is 0 Å². The van der Waals surface area contributed by atoms with E-state index in [9.17, 15) is 9.59 Å². The van der Waals surface area contributed by atoms with Gasteiger partial charge in [-0.25, -0.2) is 4.98 Å². The van der Waals surface area contributed by atoms with Crippen LogP contribution in [0.2, 0.25) is 0 Å². The number of aryl methyl sites for hydroxylation is 3. The van der Waals surface area contributed by atoms with Crippen molar-refractivity contribution >= 4 is 27.5 Å². The van der Waals surface area contributed by atoms with Gasteiger partial charge in [-0.05, 0) is 50.7 Å².